The van der Waals surface area contributed by atoms with Gasteiger partial charge in [0, 0.05) is 23.7 Å². The van der Waals surface area contributed by atoms with Crippen LogP contribution in [0, 0.1) is 0 Å². The van der Waals surface area contributed by atoms with Gasteiger partial charge in [-0.2, -0.15) is 0 Å². The van der Waals surface area contributed by atoms with Gasteiger partial charge >= 0.3 is 0 Å². The minimum Gasteiger partial charge on any atom is -0.772 e. The molecule has 1 aromatic heterocycles. The predicted octanol–water partition coefficient (Wildman–Crippen LogP) is 2.78. The first-order chi connectivity index (χ1) is 8.18. The molecule has 0 saturated heterocycles. The quantitative estimate of drug-likeness (QED) is 0.803. The first-order valence-corrected chi connectivity index (χ1v) is 6.54. The number of halogens is 1. The Morgan fingerprint density at radius 3 is 2.59 bits per heavy atom. The van der Waals surface area contributed by atoms with Crippen LogP contribution in [0.5, 0.6) is 0 Å². The molecule has 0 N–H and O–H groups in total. The largest absolute Gasteiger partial charge is 0.772 e. The van der Waals surface area contributed by atoms with E-state index < -0.39 is 11.1 Å². The Balaban J connectivity index is 2.46. The molecule has 0 fully saturated rings. The highest BCUT2D eigenvalue weighted by molar-refractivity contribution is 7.78. The Morgan fingerprint density at radius 2 is 1.94 bits per heavy atom. The third kappa shape index (κ3) is 2.91. The molecular formula is C12H9ClNO2S-. The number of aromatic nitrogens is 1. The summed E-state index contributed by atoms with van der Waals surface area (Å²) >= 11 is 4.06. The van der Waals surface area contributed by atoms with Crippen LogP contribution in [0.4, 0.5) is 0 Å². The monoisotopic (exact) mass is 266 g/mol. The predicted molar refractivity (Wildman–Crippen MR) is 67.3 cm³/mol. The number of nitrogens with zero attached hydrogens (tertiary/aromatic N) is 1. The molecule has 88 valence electrons. The van der Waals surface area contributed by atoms with Gasteiger partial charge in [0.2, 0.25) is 0 Å². The summed E-state index contributed by atoms with van der Waals surface area (Å²) in [5.74, 6) is -0.0717. The van der Waals surface area contributed by atoms with Crippen LogP contribution >= 0.6 is 11.6 Å². The van der Waals surface area contributed by atoms with Crippen LogP contribution in [-0.4, -0.2) is 13.7 Å². The molecule has 0 spiro atoms. The Kier molecular flexibility index (Phi) is 3.89. The van der Waals surface area contributed by atoms with Crippen molar-refractivity contribution in [2.75, 3.05) is 0 Å². The number of hydrogen-bond acceptors (Lipinski definition) is 3. The van der Waals surface area contributed by atoms with Gasteiger partial charge in [0.15, 0.2) is 0 Å². The summed E-state index contributed by atoms with van der Waals surface area (Å²) < 4.78 is 21.4. The average Bonchev–Trinajstić information content (AvgIpc) is 2.32. The lowest BCUT2D eigenvalue weighted by Crippen LogP contribution is -1.95. The fraction of sp³-hybridized carbons (Fsp3) is 0.0833. The third-order valence-electron chi connectivity index (χ3n) is 2.34. The molecule has 3 nitrogen and oxygen atoms in total. The molecule has 0 aliphatic carbocycles. The Bertz CT molecular complexity index is 545. The molecule has 1 atom stereocenters. The van der Waals surface area contributed by atoms with E-state index >= 15 is 0 Å². The van der Waals surface area contributed by atoms with Gasteiger partial charge in [-0.15, -0.1) is 0 Å². The Morgan fingerprint density at radius 1 is 1.24 bits per heavy atom. The van der Waals surface area contributed by atoms with E-state index in [2.05, 4.69) is 4.98 Å². The maximum atomic E-state index is 10.7. The molecule has 0 aliphatic rings. The number of pyridine rings is 1. The van der Waals surface area contributed by atoms with Gasteiger partial charge in [0.05, 0.1) is 5.02 Å². The van der Waals surface area contributed by atoms with Gasteiger partial charge in [0.1, 0.15) is 0 Å². The van der Waals surface area contributed by atoms with Crippen molar-refractivity contribution in [3.05, 3.63) is 53.3 Å². The summed E-state index contributed by atoms with van der Waals surface area (Å²) in [7, 11) is 0. The number of benzene rings is 1. The van der Waals surface area contributed by atoms with Crippen molar-refractivity contribution in [2.45, 2.75) is 5.75 Å². The van der Waals surface area contributed by atoms with Crippen molar-refractivity contribution in [3.8, 4) is 11.1 Å². The van der Waals surface area contributed by atoms with Crippen molar-refractivity contribution in [1.29, 1.82) is 0 Å². The van der Waals surface area contributed by atoms with Gasteiger partial charge < -0.3 is 4.55 Å². The number of rotatable bonds is 3. The summed E-state index contributed by atoms with van der Waals surface area (Å²) in [5.41, 5.74) is 2.34. The summed E-state index contributed by atoms with van der Waals surface area (Å²) in [6, 6.07) is 9.03. The Labute approximate surface area is 107 Å². The van der Waals surface area contributed by atoms with Crippen LogP contribution in [0.3, 0.4) is 0 Å². The molecule has 1 unspecified atom stereocenters. The van der Waals surface area contributed by atoms with Gasteiger partial charge in [-0.1, -0.05) is 40.9 Å². The fourth-order valence-electron chi connectivity index (χ4n) is 1.57. The first kappa shape index (κ1) is 12.2. The van der Waals surface area contributed by atoms with Gasteiger partial charge in [0.25, 0.3) is 0 Å². The summed E-state index contributed by atoms with van der Waals surface area (Å²) in [6.07, 6.45) is 3.34. The van der Waals surface area contributed by atoms with Crippen molar-refractivity contribution in [3.63, 3.8) is 0 Å². The minimum atomic E-state index is -2.14. The maximum absolute atomic E-state index is 10.7. The zero-order valence-electron chi connectivity index (χ0n) is 8.80. The van der Waals surface area contributed by atoms with E-state index in [0.29, 0.717) is 10.6 Å². The normalized spacial score (nSPS) is 12.4. The highest BCUT2D eigenvalue weighted by atomic mass is 35.5. The van der Waals surface area contributed by atoms with Crippen LogP contribution in [0.2, 0.25) is 5.02 Å². The molecular weight excluding hydrogens is 258 g/mol. The maximum Gasteiger partial charge on any atom is 0.0525 e. The molecule has 0 bridgehead atoms. The van der Waals surface area contributed by atoms with E-state index in [-0.39, 0.29) is 5.75 Å². The topological polar surface area (TPSA) is 53.0 Å². The van der Waals surface area contributed by atoms with Crippen LogP contribution in [0.15, 0.2) is 42.7 Å². The van der Waals surface area contributed by atoms with E-state index in [9.17, 15) is 8.76 Å². The standard InChI is InChI=1S/C12H10ClNO2S/c13-12-10(8-17(15)16)2-1-3-11(12)9-4-6-14-7-5-9/h1-7H,8H2,(H,15,16)/p-1. The second kappa shape index (κ2) is 5.40. The highest BCUT2D eigenvalue weighted by Gasteiger charge is 2.07. The zero-order chi connectivity index (χ0) is 12.3. The Hall–Kier alpha value is -1.23. The highest BCUT2D eigenvalue weighted by Crippen LogP contribution is 2.30. The van der Waals surface area contributed by atoms with Crippen LogP contribution in [0.25, 0.3) is 11.1 Å². The molecule has 0 saturated carbocycles. The second-order valence-electron chi connectivity index (χ2n) is 3.46. The molecule has 5 heteroatoms. The van der Waals surface area contributed by atoms with Gasteiger partial charge in [-0.25, -0.2) is 0 Å². The third-order valence-corrected chi connectivity index (χ3v) is 3.34. The molecule has 0 radical (unpaired) electrons. The molecule has 17 heavy (non-hydrogen) atoms. The van der Waals surface area contributed by atoms with Gasteiger partial charge in [-0.3, -0.25) is 9.19 Å². The van der Waals surface area contributed by atoms with E-state index in [0.717, 1.165) is 11.1 Å². The van der Waals surface area contributed by atoms with Crippen molar-refractivity contribution >= 4 is 22.7 Å². The lowest BCUT2D eigenvalue weighted by atomic mass is 10.0. The van der Waals surface area contributed by atoms with Gasteiger partial charge in [-0.05, 0) is 23.3 Å². The summed E-state index contributed by atoms with van der Waals surface area (Å²) in [4.78, 5) is 3.93. The second-order valence-corrected chi connectivity index (χ2v) is 4.74. The number of hydrogen-bond donors (Lipinski definition) is 0. The molecule has 2 rings (SSSR count). The van der Waals surface area contributed by atoms with Crippen LogP contribution in [-0.2, 0) is 16.8 Å². The molecule has 2 aromatic rings. The van der Waals surface area contributed by atoms with Crippen molar-refractivity contribution in [2.24, 2.45) is 0 Å². The summed E-state index contributed by atoms with van der Waals surface area (Å²) in [5, 5.41) is 0.475. The van der Waals surface area contributed by atoms with E-state index in [1.807, 2.05) is 18.2 Å². The lowest BCUT2D eigenvalue weighted by Gasteiger charge is -2.11. The summed E-state index contributed by atoms with van der Waals surface area (Å²) in [6.45, 7) is 0. The molecule has 0 amide bonds. The average molecular weight is 267 g/mol. The molecule has 0 aliphatic heterocycles. The van der Waals surface area contributed by atoms with Crippen molar-refractivity contribution in [1.82, 2.24) is 4.98 Å². The fourth-order valence-corrected chi connectivity index (χ4v) is 2.45. The minimum absolute atomic E-state index is 0.0717. The van der Waals surface area contributed by atoms with Crippen LogP contribution in [0.1, 0.15) is 5.56 Å². The molecule has 1 aromatic carbocycles. The SMILES string of the molecule is O=S([O-])Cc1cccc(-c2ccncc2)c1Cl. The first-order valence-electron chi connectivity index (χ1n) is 4.92. The zero-order valence-corrected chi connectivity index (χ0v) is 10.4. The van der Waals surface area contributed by atoms with Crippen LogP contribution < -0.4 is 0 Å². The van der Waals surface area contributed by atoms with Crippen molar-refractivity contribution < 1.29 is 8.76 Å². The van der Waals surface area contributed by atoms with E-state index in [1.165, 1.54) is 0 Å². The lowest BCUT2D eigenvalue weighted by molar-refractivity contribution is 0.536. The smallest absolute Gasteiger partial charge is 0.0525 e. The van der Waals surface area contributed by atoms with E-state index in [4.69, 9.17) is 11.6 Å². The van der Waals surface area contributed by atoms with E-state index in [1.54, 1.807) is 24.5 Å². The molecule has 1 heterocycles.